The third-order valence-electron chi connectivity index (χ3n) is 5.95. The molecule has 1 amide bonds. The number of aliphatic imine (C=N–C) groups is 1. The number of carbonyl (C=O) groups is 2. The third-order valence-corrected chi connectivity index (χ3v) is 5.95. The molecule has 3 N–H and O–H groups in total. The summed E-state index contributed by atoms with van der Waals surface area (Å²) in [5, 5.41) is 8.92. The predicted molar refractivity (Wildman–Crippen MR) is 141 cm³/mol. The van der Waals surface area contributed by atoms with Crippen LogP contribution in [0.5, 0.6) is 17.2 Å². The maximum Gasteiger partial charge on any atom is 0.306 e. The molecule has 0 radical (unpaired) electrons. The number of rotatable bonds is 12. The van der Waals surface area contributed by atoms with Crippen LogP contribution >= 0.6 is 0 Å². The quantitative estimate of drug-likeness (QED) is 0.210. The summed E-state index contributed by atoms with van der Waals surface area (Å²) in [5.74, 6) is 1.43. The zero-order valence-electron chi connectivity index (χ0n) is 22.5. The van der Waals surface area contributed by atoms with Crippen LogP contribution in [0.3, 0.4) is 0 Å². The molecule has 0 bridgehead atoms. The molecule has 2 aromatic carbocycles. The number of nitrogens with one attached hydrogen (secondary N) is 2. The molecule has 11 heteroatoms. The second-order valence-corrected chi connectivity index (χ2v) is 10.3. The van der Waals surface area contributed by atoms with E-state index in [1.54, 1.807) is 45.0 Å². The van der Waals surface area contributed by atoms with E-state index >= 15 is 0 Å². The first-order chi connectivity index (χ1) is 18.7. The summed E-state index contributed by atoms with van der Waals surface area (Å²) in [6.07, 6.45) is 0.630. The Morgan fingerprint density at radius 3 is 2.59 bits per heavy atom. The Morgan fingerprint density at radius 2 is 1.85 bits per heavy atom. The van der Waals surface area contributed by atoms with Crippen molar-refractivity contribution in [1.29, 1.82) is 0 Å². The number of benzene rings is 2. The number of fused-ring (bicyclic) bond motifs is 1. The lowest BCUT2D eigenvalue weighted by Crippen LogP contribution is -2.51. The number of amides is 1. The summed E-state index contributed by atoms with van der Waals surface area (Å²) in [6.45, 7) is 6.32. The van der Waals surface area contributed by atoms with E-state index in [9.17, 15) is 9.59 Å². The Bertz CT molecular complexity index is 1190. The van der Waals surface area contributed by atoms with Crippen LogP contribution in [-0.4, -0.2) is 60.6 Å². The Kier molecular flexibility index (Phi) is 8.93. The molecule has 0 saturated heterocycles. The van der Waals surface area contributed by atoms with Crippen molar-refractivity contribution in [1.82, 2.24) is 10.9 Å². The minimum atomic E-state index is -1.33. The van der Waals surface area contributed by atoms with Gasteiger partial charge in [-0.3, -0.25) is 15.0 Å². The summed E-state index contributed by atoms with van der Waals surface area (Å²) in [7, 11) is 0. The van der Waals surface area contributed by atoms with Gasteiger partial charge in [-0.05, 0) is 69.2 Å². The van der Waals surface area contributed by atoms with E-state index in [4.69, 9.17) is 28.8 Å². The van der Waals surface area contributed by atoms with Gasteiger partial charge in [0.25, 0.3) is 5.91 Å². The number of aliphatic hydroxyl groups excluding tert-OH is 1. The number of hydrazine groups is 1. The smallest absolute Gasteiger partial charge is 0.306 e. The summed E-state index contributed by atoms with van der Waals surface area (Å²) in [6, 6.07) is 12.6. The topological polar surface area (TPSA) is 137 Å². The van der Waals surface area contributed by atoms with E-state index in [-0.39, 0.29) is 32.8 Å². The average Bonchev–Trinajstić information content (AvgIpc) is 3.55. The van der Waals surface area contributed by atoms with Gasteiger partial charge in [-0.1, -0.05) is 6.07 Å². The van der Waals surface area contributed by atoms with Gasteiger partial charge >= 0.3 is 5.97 Å². The molecule has 0 aliphatic carbocycles. The lowest BCUT2D eigenvalue weighted by molar-refractivity contribution is -0.155. The van der Waals surface area contributed by atoms with Gasteiger partial charge in [-0.2, -0.15) is 0 Å². The van der Waals surface area contributed by atoms with Gasteiger partial charge in [-0.15, -0.1) is 0 Å². The molecule has 0 unspecified atom stereocenters. The molecule has 39 heavy (non-hydrogen) atoms. The normalized spacial score (nSPS) is 17.8. The van der Waals surface area contributed by atoms with E-state index in [1.807, 2.05) is 18.2 Å². The lowest BCUT2D eigenvalue weighted by atomic mass is 9.94. The van der Waals surface area contributed by atoms with Crippen molar-refractivity contribution in [2.45, 2.75) is 57.7 Å². The second kappa shape index (κ2) is 12.4. The molecule has 210 valence electrons. The van der Waals surface area contributed by atoms with Crippen LogP contribution in [-0.2, 0) is 25.6 Å². The van der Waals surface area contributed by atoms with E-state index < -0.39 is 23.0 Å². The second-order valence-electron chi connectivity index (χ2n) is 10.3. The molecule has 2 aliphatic rings. The highest BCUT2D eigenvalue weighted by molar-refractivity contribution is 6.00. The van der Waals surface area contributed by atoms with Crippen LogP contribution in [0, 0.1) is 0 Å². The van der Waals surface area contributed by atoms with Crippen molar-refractivity contribution in [3.8, 4) is 17.2 Å². The van der Waals surface area contributed by atoms with Gasteiger partial charge in [0.05, 0.1) is 6.61 Å². The fourth-order valence-corrected chi connectivity index (χ4v) is 4.00. The van der Waals surface area contributed by atoms with Crippen molar-refractivity contribution < 1.29 is 38.4 Å². The van der Waals surface area contributed by atoms with Gasteiger partial charge < -0.3 is 28.8 Å². The Balaban J connectivity index is 1.44. The van der Waals surface area contributed by atoms with E-state index in [0.717, 1.165) is 5.56 Å². The Morgan fingerprint density at radius 1 is 1.08 bits per heavy atom. The van der Waals surface area contributed by atoms with Crippen LogP contribution in [0.4, 0.5) is 0 Å². The monoisotopic (exact) mass is 541 g/mol. The van der Waals surface area contributed by atoms with Crippen molar-refractivity contribution >= 4 is 17.8 Å². The van der Waals surface area contributed by atoms with Gasteiger partial charge in [0.2, 0.25) is 12.7 Å². The number of aliphatic hydroxyl groups is 1. The molecule has 0 fully saturated rings. The molecule has 2 heterocycles. The van der Waals surface area contributed by atoms with Crippen LogP contribution in [0.15, 0.2) is 47.5 Å². The molecule has 11 nitrogen and oxygen atoms in total. The fourth-order valence-electron chi connectivity index (χ4n) is 4.00. The van der Waals surface area contributed by atoms with Crippen molar-refractivity contribution in [2.24, 2.45) is 4.99 Å². The number of esters is 1. The van der Waals surface area contributed by atoms with E-state index in [2.05, 4.69) is 15.8 Å². The minimum Gasteiger partial charge on any atom is -0.494 e. The molecule has 4 rings (SSSR count). The Hall–Kier alpha value is -3.83. The summed E-state index contributed by atoms with van der Waals surface area (Å²) in [4.78, 5) is 30.5. The number of ether oxygens (including phenoxy) is 5. The highest BCUT2D eigenvalue weighted by Crippen LogP contribution is 2.32. The van der Waals surface area contributed by atoms with E-state index in [1.165, 1.54) is 0 Å². The minimum absolute atomic E-state index is 0.00930. The highest BCUT2D eigenvalue weighted by Gasteiger charge is 2.45. The first-order valence-electron chi connectivity index (χ1n) is 12.9. The van der Waals surface area contributed by atoms with Crippen LogP contribution in [0.2, 0.25) is 0 Å². The number of carbonyl (C=O) groups excluding carboxylic acids is 2. The molecule has 2 aliphatic heterocycles. The van der Waals surface area contributed by atoms with E-state index in [0.29, 0.717) is 48.3 Å². The first kappa shape index (κ1) is 28.2. The van der Waals surface area contributed by atoms with Gasteiger partial charge in [0.15, 0.2) is 17.0 Å². The zero-order valence-corrected chi connectivity index (χ0v) is 22.5. The number of hydrogen-bond acceptors (Lipinski definition) is 10. The number of nitrogens with zero attached hydrogens (tertiary/aromatic N) is 1. The van der Waals surface area contributed by atoms with Crippen molar-refractivity contribution in [2.75, 3.05) is 26.6 Å². The van der Waals surface area contributed by atoms with Crippen LogP contribution in [0.1, 0.15) is 51.2 Å². The molecule has 2 aromatic rings. The first-order valence-corrected chi connectivity index (χ1v) is 12.9. The molecular weight excluding hydrogens is 506 g/mol. The van der Waals surface area contributed by atoms with Crippen LogP contribution < -0.4 is 25.1 Å². The standard InChI is InChI=1S/C28H35N3O8/c1-27(2,3)39-24(33)11-12-28(26(34)31-29-16-19-5-10-22-23(15-19)38-18-37-22)17-36-25(30-28)20-6-8-21(9-7-20)35-14-4-13-32/h5-10,15,29,32H,4,11-14,16-18H2,1-3H3,(H,31,34)/t28-/m0/s1. The fraction of sp³-hybridized carbons (Fsp3) is 0.464. The predicted octanol–water partition coefficient (Wildman–Crippen LogP) is 2.63. The molecule has 0 aromatic heterocycles. The summed E-state index contributed by atoms with van der Waals surface area (Å²) in [5.41, 5.74) is 5.25. The molecule has 0 saturated carbocycles. The van der Waals surface area contributed by atoms with Gasteiger partial charge in [-0.25, -0.2) is 10.4 Å². The number of hydrogen-bond donors (Lipinski definition) is 3. The SMILES string of the molecule is CC(C)(C)OC(=O)CC[C@@]1(C(=O)NNCc2ccc3c(c2)OCO3)COC(c2ccc(OCCCO)cc2)=N1. The highest BCUT2D eigenvalue weighted by atomic mass is 16.7. The maximum absolute atomic E-state index is 13.4. The molecule has 1 atom stereocenters. The van der Waals surface area contributed by atoms with Crippen molar-refractivity contribution in [3.63, 3.8) is 0 Å². The van der Waals surface area contributed by atoms with Gasteiger partial charge in [0.1, 0.15) is 18.0 Å². The van der Waals surface area contributed by atoms with Crippen LogP contribution in [0.25, 0.3) is 0 Å². The Labute approximate surface area is 227 Å². The van der Waals surface area contributed by atoms with Gasteiger partial charge in [0, 0.05) is 31.6 Å². The van der Waals surface area contributed by atoms with Crippen molar-refractivity contribution in [3.05, 3.63) is 53.6 Å². The molecular formula is C28H35N3O8. The average molecular weight is 542 g/mol. The zero-order chi connectivity index (χ0) is 27.9. The third kappa shape index (κ3) is 7.61. The largest absolute Gasteiger partial charge is 0.494 e. The lowest BCUT2D eigenvalue weighted by Gasteiger charge is -2.24. The molecule has 0 spiro atoms. The summed E-state index contributed by atoms with van der Waals surface area (Å²) < 4.78 is 27.6. The maximum atomic E-state index is 13.4. The summed E-state index contributed by atoms with van der Waals surface area (Å²) >= 11 is 0.